The zero-order valence-corrected chi connectivity index (χ0v) is 19.5. The molecule has 7 nitrogen and oxygen atoms in total. The maximum atomic E-state index is 13.9. The van der Waals surface area contributed by atoms with E-state index in [0.717, 1.165) is 12.8 Å². The number of allylic oxidation sites excluding steroid dienone is 1. The predicted molar refractivity (Wildman–Crippen MR) is 118 cm³/mol. The Labute approximate surface area is 187 Å². The van der Waals surface area contributed by atoms with E-state index in [0.29, 0.717) is 13.2 Å². The Hall–Kier alpha value is -1.80. The van der Waals surface area contributed by atoms with Gasteiger partial charge in [0.05, 0.1) is 29.8 Å². The van der Waals surface area contributed by atoms with E-state index >= 15 is 0 Å². The molecule has 1 spiro atoms. The van der Waals surface area contributed by atoms with Gasteiger partial charge in [0, 0.05) is 23.4 Å². The van der Waals surface area contributed by atoms with Crippen molar-refractivity contribution < 1.29 is 24.2 Å². The number of fused-ring (bicyclic) bond motifs is 2. The second-order valence-corrected chi connectivity index (χ2v) is 11.8. The molecular weight excluding hydrogens is 416 g/mol. The number of thioether (sulfide) groups is 1. The van der Waals surface area contributed by atoms with Gasteiger partial charge < -0.3 is 19.6 Å². The molecule has 1 N–H and O–H groups in total. The largest absolute Gasteiger partial charge is 0.465 e. The number of aliphatic hydroxyl groups is 1. The number of likely N-dealkylation sites (tertiary alicyclic amines) is 1. The number of carbonyl (C=O) groups is 3. The molecule has 4 aliphatic heterocycles. The molecule has 2 fully saturated rings. The number of ether oxygens (including phenoxy) is 1. The number of hydrogen-bond acceptors (Lipinski definition) is 6. The number of β-amino-alcohol motifs (C(OH)–C–C–N with tert-alkyl or cyclic N) is 1. The van der Waals surface area contributed by atoms with Crippen LogP contribution in [0.1, 0.15) is 40.5 Å². The van der Waals surface area contributed by atoms with E-state index in [9.17, 15) is 19.5 Å². The topological polar surface area (TPSA) is 87.2 Å². The van der Waals surface area contributed by atoms with Crippen LogP contribution in [0, 0.1) is 11.8 Å². The number of cyclic esters (lactones) is 1. The van der Waals surface area contributed by atoms with Gasteiger partial charge in [-0.05, 0) is 40.5 Å². The molecule has 4 heterocycles. The summed E-state index contributed by atoms with van der Waals surface area (Å²) in [5.74, 6) is -2.17. The van der Waals surface area contributed by atoms with E-state index in [1.54, 1.807) is 4.90 Å². The molecule has 5 atom stereocenters. The van der Waals surface area contributed by atoms with Gasteiger partial charge in [0.25, 0.3) is 0 Å². The molecule has 4 rings (SSSR count). The molecule has 2 saturated heterocycles. The smallest absolute Gasteiger partial charge is 0.311 e. The van der Waals surface area contributed by atoms with Gasteiger partial charge in [-0.15, -0.1) is 11.8 Å². The van der Waals surface area contributed by atoms with Crippen molar-refractivity contribution in [2.24, 2.45) is 11.8 Å². The Morgan fingerprint density at radius 2 is 1.90 bits per heavy atom. The van der Waals surface area contributed by atoms with E-state index in [4.69, 9.17) is 4.74 Å². The lowest BCUT2D eigenvalue weighted by Crippen LogP contribution is -2.57. The van der Waals surface area contributed by atoms with Gasteiger partial charge in [-0.25, -0.2) is 0 Å². The minimum atomic E-state index is -0.884. The van der Waals surface area contributed by atoms with Crippen LogP contribution in [0.2, 0.25) is 0 Å². The second kappa shape index (κ2) is 7.66. The first-order valence-corrected chi connectivity index (χ1v) is 11.8. The van der Waals surface area contributed by atoms with Crippen LogP contribution in [-0.2, 0) is 19.1 Å². The molecule has 0 aromatic rings. The van der Waals surface area contributed by atoms with Crippen LogP contribution in [0.3, 0.4) is 0 Å². The highest BCUT2D eigenvalue weighted by molar-refractivity contribution is 8.02. The summed E-state index contributed by atoms with van der Waals surface area (Å²) in [6.45, 7) is 8.49. The quantitative estimate of drug-likeness (QED) is 0.512. The number of esters is 1. The summed E-state index contributed by atoms with van der Waals surface area (Å²) in [6, 6.07) is -0.770. The first-order valence-electron chi connectivity index (χ1n) is 11.0. The lowest BCUT2D eigenvalue weighted by atomic mass is 9.74. The summed E-state index contributed by atoms with van der Waals surface area (Å²) in [5, 5.41) is 9.69. The molecule has 31 heavy (non-hydrogen) atoms. The molecule has 0 aromatic heterocycles. The molecule has 0 bridgehead atoms. The normalized spacial score (nSPS) is 39.1. The van der Waals surface area contributed by atoms with E-state index in [2.05, 4.69) is 6.08 Å². The number of aliphatic hydroxyl groups excluding tert-OH is 1. The molecule has 0 aliphatic carbocycles. The highest BCUT2D eigenvalue weighted by Crippen LogP contribution is 2.65. The maximum absolute atomic E-state index is 13.9. The van der Waals surface area contributed by atoms with Crippen LogP contribution < -0.4 is 0 Å². The third kappa shape index (κ3) is 3.33. The van der Waals surface area contributed by atoms with Crippen LogP contribution in [0.4, 0.5) is 0 Å². The minimum Gasteiger partial charge on any atom is -0.465 e. The number of rotatable bonds is 2. The lowest BCUT2D eigenvalue weighted by Gasteiger charge is -2.40. The van der Waals surface area contributed by atoms with Crippen molar-refractivity contribution in [3.8, 4) is 0 Å². The number of amides is 2. The molecule has 8 heteroatoms. The summed E-state index contributed by atoms with van der Waals surface area (Å²) in [6.07, 6.45) is 9.59. The summed E-state index contributed by atoms with van der Waals surface area (Å²) in [5.41, 5.74) is -0.426. The summed E-state index contributed by atoms with van der Waals surface area (Å²) in [4.78, 5) is 44.1. The zero-order valence-electron chi connectivity index (χ0n) is 18.7. The van der Waals surface area contributed by atoms with Crippen LogP contribution in [-0.4, -0.2) is 80.1 Å². The third-order valence-electron chi connectivity index (χ3n) is 6.90. The van der Waals surface area contributed by atoms with Gasteiger partial charge in [-0.3, -0.25) is 14.4 Å². The summed E-state index contributed by atoms with van der Waals surface area (Å²) >= 11 is 1.53. The highest BCUT2D eigenvalue weighted by Gasteiger charge is 2.74. The van der Waals surface area contributed by atoms with Gasteiger partial charge in [0.15, 0.2) is 0 Å². The second-order valence-electron chi connectivity index (χ2n) is 9.99. The molecule has 4 aliphatic rings. The van der Waals surface area contributed by atoms with Crippen molar-refractivity contribution in [3.05, 3.63) is 24.3 Å². The van der Waals surface area contributed by atoms with E-state index in [1.807, 2.05) is 45.9 Å². The summed E-state index contributed by atoms with van der Waals surface area (Å²) < 4.78 is 4.03. The fraction of sp³-hybridized carbons (Fsp3) is 0.696. The zero-order chi connectivity index (χ0) is 22.6. The van der Waals surface area contributed by atoms with Gasteiger partial charge in [-0.1, -0.05) is 24.3 Å². The summed E-state index contributed by atoms with van der Waals surface area (Å²) in [7, 11) is 0. The van der Waals surface area contributed by atoms with Crippen LogP contribution in [0.5, 0.6) is 0 Å². The Kier molecular flexibility index (Phi) is 5.53. The molecular formula is C23H32N2O5S. The van der Waals surface area contributed by atoms with E-state index < -0.39 is 32.9 Å². The average molecular weight is 449 g/mol. The van der Waals surface area contributed by atoms with Crippen LogP contribution in [0.15, 0.2) is 24.3 Å². The fourth-order valence-corrected chi connectivity index (χ4v) is 7.74. The van der Waals surface area contributed by atoms with Gasteiger partial charge in [-0.2, -0.15) is 0 Å². The molecule has 0 saturated carbocycles. The van der Waals surface area contributed by atoms with Crippen molar-refractivity contribution in [3.63, 3.8) is 0 Å². The molecule has 170 valence electrons. The highest BCUT2D eigenvalue weighted by atomic mass is 32.2. The number of carbonyl (C=O) groups excluding carboxylic acids is 3. The van der Waals surface area contributed by atoms with Crippen molar-refractivity contribution in [2.45, 2.75) is 61.6 Å². The first kappa shape index (κ1) is 22.4. The lowest BCUT2D eigenvalue weighted by molar-refractivity contribution is -0.154. The van der Waals surface area contributed by atoms with Gasteiger partial charge in [0.1, 0.15) is 6.04 Å². The van der Waals surface area contributed by atoms with Crippen LogP contribution in [0.25, 0.3) is 0 Å². The Morgan fingerprint density at radius 3 is 2.58 bits per heavy atom. The Bertz CT molecular complexity index is 849. The molecule has 1 unspecified atom stereocenters. The van der Waals surface area contributed by atoms with Crippen molar-refractivity contribution >= 4 is 29.5 Å². The van der Waals surface area contributed by atoms with Crippen LogP contribution >= 0.6 is 11.8 Å². The first-order chi connectivity index (χ1) is 14.6. The fourth-order valence-electron chi connectivity index (χ4n) is 5.59. The Morgan fingerprint density at radius 1 is 1.16 bits per heavy atom. The third-order valence-corrected chi connectivity index (χ3v) is 8.70. The average Bonchev–Trinajstić information content (AvgIpc) is 3.01. The predicted octanol–water partition coefficient (Wildman–Crippen LogP) is 1.76. The minimum absolute atomic E-state index is 0.0637. The number of nitrogens with zero attached hydrogens (tertiary/aromatic N) is 2. The van der Waals surface area contributed by atoms with Gasteiger partial charge >= 0.3 is 5.97 Å². The molecule has 0 radical (unpaired) electrons. The SMILES string of the molecule is CC(C)(C)N1CC=C[C@]23S[C@]4(C)/C=C\CCCOC(=O)[C@@H]4[C@H]2C(=O)N(CCO)C3C1=O. The Balaban J connectivity index is 1.88. The molecule has 2 amide bonds. The maximum Gasteiger partial charge on any atom is 0.311 e. The standard InChI is InChI=1S/C23H32N2O5S/c1-21(2,3)25-11-8-10-23-15(18(27)24(12-13-26)17(23)19(25)28)16-20(29)30-14-7-5-6-9-22(16,4)31-23/h6,8-10,15-17,26H,5,7,11-14H2,1-4H3/b9-6-/t15-,16-,17?,22+,23-/m0/s1. The van der Waals surface area contributed by atoms with Crippen molar-refractivity contribution in [1.82, 2.24) is 9.80 Å². The number of hydrogen-bond donors (Lipinski definition) is 1. The van der Waals surface area contributed by atoms with E-state index in [-0.39, 0.29) is 30.9 Å². The monoisotopic (exact) mass is 448 g/mol. The molecule has 0 aromatic carbocycles. The van der Waals surface area contributed by atoms with Crippen molar-refractivity contribution in [2.75, 3.05) is 26.3 Å². The van der Waals surface area contributed by atoms with Gasteiger partial charge in [0.2, 0.25) is 11.8 Å². The van der Waals surface area contributed by atoms with E-state index in [1.165, 1.54) is 16.7 Å². The van der Waals surface area contributed by atoms with Crippen molar-refractivity contribution in [1.29, 1.82) is 0 Å².